The van der Waals surface area contributed by atoms with Crippen LogP contribution in [0.3, 0.4) is 0 Å². The van der Waals surface area contributed by atoms with Crippen LogP contribution in [0.25, 0.3) is 0 Å². The summed E-state index contributed by atoms with van der Waals surface area (Å²) >= 11 is 0. The molecule has 0 heterocycles. The number of hydrogen-bond acceptors (Lipinski definition) is 4. The van der Waals surface area contributed by atoms with E-state index >= 15 is 0 Å². The molecule has 9 heteroatoms. The van der Waals surface area contributed by atoms with Crippen molar-refractivity contribution in [3.05, 3.63) is 95.8 Å². The number of carbonyl (C=O) groups excluding carboxylic acids is 2. The zero-order chi connectivity index (χ0) is 28.0. The summed E-state index contributed by atoms with van der Waals surface area (Å²) in [6, 6.07) is 19.7. The van der Waals surface area contributed by atoms with Gasteiger partial charge in [-0.25, -0.2) is 12.8 Å². The Kier molecular flexibility index (Phi) is 9.01. The number of sulfonamides is 1. The third-order valence-corrected chi connectivity index (χ3v) is 8.86. The zero-order valence-electron chi connectivity index (χ0n) is 22.2. The molecular weight excluding hydrogens is 517 g/mol. The van der Waals surface area contributed by atoms with Gasteiger partial charge in [0.25, 0.3) is 10.0 Å². The quantitative estimate of drug-likeness (QED) is 0.392. The first-order valence-electron chi connectivity index (χ1n) is 13.1. The Balaban J connectivity index is 1.66. The highest BCUT2D eigenvalue weighted by molar-refractivity contribution is 7.92. The van der Waals surface area contributed by atoms with Crippen molar-refractivity contribution in [2.24, 2.45) is 0 Å². The molecule has 0 aromatic heterocycles. The predicted molar refractivity (Wildman–Crippen MR) is 149 cm³/mol. The fourth-order valence-corrected chi connectivity index (χ4v) is 6.16. The highest BCUT2D eigenvalue weighted by atomic mass is 32.2. The molecule has 0 bridgehead atoms. The molecule has 1 saturated carbocycles. The van der Waals surface area contributed by atoms with Gasteiger partial charge in [0.05, 0.1) is 10.6 Å². The third-order valence-electron chi connectivity index (χ3n) is 7.07. The molecular formula is C30H34FN3O4S. The summed E-state index contributed by atoms with van der Waals surface area (Å²) in [6.45, 7) is 3.03. The zero-order valence-corrected chi connectivity index (χ0v) is 23.0. The summed E-state index contributed by atoms with van der Waals surface area (Å²) in [7, 11) is -4.10. The Bertz CT molecular complexity index is 1370. The van der Waals surface area contributed by atoms with Gasteiger partial charge >= 0.3 is 0 Å². The Labute approximate surface area is 229 Å². The number of carbonyl (C=O) groups is 2. The van der Waals surface area contributed by atoms with Crippen LogP contribution in [0.5, 0.6) is 0 Å². The molecule has 4 rings (SSSR count). The lowest BCUT2D eigenvalue weighted by Gasteiger charge is -2.32. The minimum Gasteiger partial charge on any atom is -0.352 e. The van der Waals surface area contributed by atoms with Crippen LogP contribution >= 0.6 is 0 Å². The van der Waals surface area contributed by atoms with Crippen molar-refractivity contribution in [2.75, 3.05) is 10.8 Å². The van der Waals surface area contributed by atoms with Gasteiger partial charge in [-0.3, -0.25) is 13.9 Å². The van der Waals surface area contributed by atoms with Gasteiger partial charge in [-0.2, -0.15) is 0 Å². The number of anilines is 1. The number of rotatable bonds is 10. The number of nitrogens with zero attached hydrogens (tertiary/aromatic N) is 2. The first kappa shape index (κ1) is 28.3. The first-order chi connectivity index (χ1) is 18.6. The van der Waals surface area contributed by atoms with Crippen molar-refractivity contribution in [3.8, 4) is 0 Å². The molecule has 39 heavy (non-hydrogen) atoms. The predicted octanol–water partition coefficient (Wildman–Crippen LogP) is 4.81. The summed E-state index contributed by atoms with van der Waals surface area (Å²) in [5, 5.41) is 3.03. The number of nitrogens with one attached hydrogen (secondary N) is 1. The highest BCUT2D eigenvalue weighted by Gasteiger charge is 2.33. The van der Waals surface area contributed by atoms with Gasteiger partial charge in [0.2, 0.25) is 11.8 Å². The van der Waals surface area contributed by atoms with Gasteiger partial charge < -0.3 is 10.2 Å². The fraction of sp³-hybridized carbons (Fsp3) is 0.333. The van der Waals surface area contributed by atoms with Crippen molar-refractivity contribution < 1.29 is 22.4 Å². The minimum absolute atomic E-state index is 0.0193. The molecule has 0 radical (unpaired) electrons. The Hall–Kier alpha value is -3.72. The van der Waals surface area contributed by atoms with Crippen molar-refractivity contribution in [2.45, 2.75) is 63.1 Å². The van der Waals surface area contributed by atoms with Crippen LogP contribution in [-0.2, 0) is 26.2 Å². The Morgan fingerprint density at radius 1 is 0.949 bits per heavy atom. The number of benzene rings is 3. The van der Waals surface area contributed by atoms with E-state index in [-0.39, 0.29) is 23.4 Å². The van der Waals surface area contributed by atoms with Crippen LogP contribution < -0.4 is 9.62 Å². The van der Waals surface area contributed by atoms with E-state index in [1.54, 1.807) is 61.5 Å². The standard InChI is InChI=1S/C30H34FN3O4S/c1-22-12-18-27(19-13-22)34(39(37,38)28-10-4-3-5-11-28)21-29(35)33(20-24-14-16-25(31)17-15-24)23(2)30(36)32-26-8-6-7-9-26/h3-5,10-19,23,26H,6-9,20-21H2,1-2H3,(H,32,36). The molecule has 206 valence electrons. The van der Waals surface area contributed by atoms with Gasteiger partial charge in [-0.15, -0.1) is 0 Å². The molecule has 0 aliphatic heterocycles. The lowest BCUT2D eigenvalue weighted by Crippen LogP contribution is -2.52. The lowest BCUT2D eigenvalue weighted by molar-refractivity contribution is -0.139. The second-order valence-electron chi connectivity index (χ2n) is 9.97. The van der Waals surface area contributed by atoms with Crippen molar-refractivity contribution in [1.29, 1.82) is 0 Å². The van der Waals surface area contributed by atoms with Gasteiger partial charge in [-0.1, -0.05) is 60.9 Å². The monoisotopic (exact) mass is 551 g/mol. The van der Waals surface area contributed by atoms with Crippen LogP contribution in [-0.4, -0.2) is 43.8 Å². The van der Waals surface area contributed by atoms with E-state index in [1.807, 2.05) is 6.92 Å². The molecule has 1 atom stereocenters. The molecule has 2 amide bonds. The maximum absolute atomic E-state index is 13.9. The normalized spacial score (nSPS) is 14.5. The third kappa shape index (κ3) is 7.03. The number of aryl methyl sites for hydroxylation is 1. The molecule has 3 aromatic rings. The van der Waals surface area contributed by atoms with Crippen molar-refractivity contribution >= 4 is 27.5 Å². The Morgan fingerprint density at radius 3 is 2.18 bits per heavy atom. The second kappa shape index (κ2) is 12.4. The number of halogens is 1. The van der Waals surface area contributed by atoms with E-state index in [0.717, 1.165) is 35.6 Å². The average Bonchev–Trinajstić information content (AvgIpc) is 3.45. The van der Waals surface area contributed by atoms with Crippen LogP contribution in [0.4, 0.5) is 10.1 Å². The molecule has 0 spiro atoms. The summed E-state index contributed by atoms with van der Waals surface area (Å²) < 4.78 is 42.1. The molecule has 1 aliphatic carbocycles. The molecule has 3 aromatic carbocycles. The SMILES string of the molecule is Cc1ccc(N(CC(=O)N(Cc2ccc(F)cc2)C(C)C(=O)NC2CCCC2)S(=O)(=O)c2ccccc2)cc1. The molecule has 1 unspecified atom stereocenters. The van der Waals surface area contributed by atoms with Crippen LogP contribution in [0.2, 0.25) is 0 Å². The maximum Gasteiger partial charge on any atom is 0.264 e. The second-order valence-corrected chi connectivity index (χ2v) is 11.8. The highest BCUT2D eigenvalue weighted by Crippen LogP contribution is 2.25. The minimum atomic E-state index is -4.10. The van der Waals surface area contributed by atoms with Crippen LogP contribution in [0.15, 0.2) is 83.8 Å². The molecule has 1 fully saturated rings. The van der Waals surface area contributed by atoms with Crippen LogP contribution in [0.1, 0.15) is 43.7 Å². The molecule has 1 N–H and O–H groups in total. The maximum atomic E-state index is 13.9. The van der Waals surface area contributed by atoms with E-state index in [9.17, 15) is 22.4 Å². The first-order valence-corrected chi connectivity index (χ1v) is 14.6. The fourth-order valence-electron chi connectivity index (χ4n) is 4.72. The van der Waals surface area contributed by atoms with Gasteiger partial charge in [0, 0.05) is 12.6 Å². The number of amides is 2. The van der Waals surface area contributed by atoms with Gasteiger partial charge in [-0.05, 0) is 68.7 Å². The van der Waals surface area contributed by atoms with E-state index in [1.165, 1.54) is 29.2 Å². The summed E-state index contributed by atoms with van der Waals surface area (Å²) in [4.78, 5) is 28.5. The van der Waals surface area contributed by atoms with E-state index in [4.69, 9.17) is 0 Å². The molecule has 0 saturated heterocycles. The van der Waals surface area contributed by atoms with E-state index < -0.39 is 34.3 Å². The molecule has 7 nitrogen and oxygen atoms in total. The van der Waals surface area contributed by atoms with E-state index in [2.05, 4.69) is 5.32 Å². The van der Waals surface area contributed by atoms with E-state index in [0.29, 0.717) is 11.3 Å². The van der Waals surface area contributed by atoms with Crippen LogP contribution in [0, 0.1) is 12.7 Å². The molecule has 1 aliphatic rings. The summed E-state index contributed by atoms with van der Waals surface area (Å²) in [5.74, 6) is -1.26. The number of hydrogen-bond donors (Lipinski definition) is 1. The van der Waals surface area contributed by atoms with Crippen molar-refractivity contribution in [1.82, 2.24) is 10.2 Å². The van der Waals surface area contributed by atoms with Gasteiger partial charge in [0.1, 0.15) is 18.4 Å². The summed E-state index contributed by atoms with van der Waals surface area (Å²) in [5.41, 5.74) is 1.90. The van der Waals surface area contributed by atoms with Crippen molar-refractivity contribution in [3.63, 3.8) is 0 Å². The lowest BCUT2D eigenvalue weighted by atomic mass is 10.1. The average molecular weight is 552 g/mol. The topological polar surface area (TPSA) is 86.8 Å². The Morgan fingerprint density at radius 2 is 1.56 bits per heavy atom. The van der Waals surface area contributed by atoms with Gasteiger partial charge in [0.15, 0.2) is 0 Å². The largest absolute Gasteiger partial charge is 0.352 e. The summed E-state index contributed by atoms with van der Waals surface area (Å²) in [6.07, 6.45) is 3.86. The smallest absolute Gasteiger partial charge is 0.264 e.